The van der Waals surface area contributed by atoms with Gasteiger partial charge in [0.25, 0.3) is 5.69 Å². The molecule has 1 fully saturated rings. The highest BCUT2D eigenvalue weighted by Gasteiger charge is 2.31. The largest absolute Gasteiger partial charge is 0.477 e. The van der Waals surface area contributed by atoms with Gasteiger partial charge in [0, 0.05) is 17.5 Å². The van der Waals surface area contributed by atoms with Crippen molar-refractivity contribution in [2.45, 2.75) is 57.3 Å². The molecular weight excluding hydrogens is 256 g/mol. The van der Waals surface area contributed by atoms with E-state index in [-0.39, 0.29) is 10.6 Å². The van der Waals surface area contributed by atoms with E-state index in [0.717, 1.165) is 30.4 Å². The predicted molar refractivity (Wildman–Crippen MR) is 75.2 cm³/mol. The molecule has 1 aliphatic carbocycles. The summed E-state index contributed by atoms with van der Waals surface area (Å²) in [6.07, 6.45) is 10.4. The molecule has 0 radical (unpaired) electrons. The second-order valence-electron chi connectivity index (χ2n) is 5.74. The Morgan fingerprint density at radius 2 is 1.90 bits per heavy atom. The van der Waals surface area contributed by atoms with Crippen molar-refractivity contribution >= 4 is 5.69 Å². The van der Waals surface area contributed by atoms with Gasteiger partial charge in [0.15, 0.2) is 0 Å². The Balaban J connectivity index is 2.00. The molecule has 1 saturated carbocycles. The van der Waals surface area contributed by atoms with Gasteiger partial charge >= 0.3 is 0 Å². The third kappa shape index (κ3) is 2.49. The van der Waals surface area contributed by atoms with Crippen LogP contribution < -0.4 is 4.74 Å². The van der Waals surface area contributed by atoms with Crippen molar-refractivity contribution in [1.29, 1.82) is 0 Å². The first-order valence-corrected chi connectivity index (χ1v) is 7.56. The van der Waals surface area contributed by atoms with Gasteiger partial charge < -0.3 is 4.74 Å². The molecule has 20 heavy (non-hydrogen) atoms. The van der Waals surface area contributed by atoms with E-state index in [1.165, 1.54) is 38.3 Å². The van der Waals surface area contributed by atoms with Crippen LogP contribution in [0.15, 0.2) is 6.20 Å². The summed E-state index contributed by atoms with van der Waals surface area (Å²) in [5.41, 5.74) is 2.10. The molecule has 1 aromatic heterocycles. The SMILES string of the molecule is O=[N+]([O-])c1cnc2c(c1C1CCCCCCC1)CCO2. The minimum absolute atomic E-state index is 0.194. The highest BCUT2D eigenvalue weighted by atomic mass is 16.6. The lowest BCUT2D eigenvalue weighted by Crippen LogP contribution is -2.09. The summed E-state index contributed by atoms with van der Waals surface area (Å²) in [6, 6.07) is 0. The first kappa shape index (κ1) is 13.3. The third-order valence-electron chi connectivity index (χ3n) is 4.46. The number of aromatic nitrogens is 1. The van der Waals surface area contributed by atoms with E-state index < -0.39 is 0 Å². The standard InChI is InChI=1S/C15H20N2O3/c18-17(19)13-10-16-15-12(8-9-20-15)14(13)11-6-4-2-1-3-5-7-11/h10-11H,1-9H2. The Bertz CT molecular complexity index is 508. The summed E-state index contributed by atoms with van der Waals surface area (Å²) in [5, 5.41) is 11.3. The van der Waals surface area contributed by atoms with E-state index in [0.29, 0.717) is 18.4 Å². The van der Waals surface area contributed by atoms with Crippen LogP contribution in [0.5, 0.6) is 5.88 Å². The molecular formula is C15H20N2O3. The molecule has 0 atom stereocenters. The number of nitro groups is 1. The molecule has 5 heteroatoms. The number of ether oxygens (including phenoxy) is 1. The van der Waals surface area contributed by atoms with Crippen molar-refractivity contribution in [3.8, 4) is 5.88 Å². The average molecular weight is 276 g/mol. The molecule has 0 aromatic carbocycles. The van der Waals surface area contributed by atoms with Gasteiger partial charge in [-0.15, -0.1) is 0 Å². The number of hydrogen-bond acceptors (Lipinski definition) is 4. The van der Waals surface area contributed by atoms with Crippen LogP contribution >= 0.6 is 0 Å². The monoisotopic (exact) mass is 276 g/mol. The maximum Gasteiger partial charge on any atom is 0.291 e. The molecule has 5 nitrogen and oxygen atoms in total. The van der Waals surface area contributed by atoms with Crippen LogP contribution in [-0.2, 0) is 6.42 Å². The minimum atomic E-state index is -0.278. The fraction of sp³-hybridized carbons (Fsp3) is 0.667. The van der Waals surface area contributed by atoms with Crippen LogP contribution in [0.25, 0.3) is 0 Å². The van der Waals surface area contributed by atoms with E-state index in [2.05, 4.69) is 4.98 Å². The van der Waals surface area contributed by atoms with Gasteiger partial charge in [-0.2, -0.15) is 0 Å². The summed E-state index contributed by atoms with van der Waals surface area (Å²) in [7, 11) is 0. The molecule has 1 aromatic rings. The van der Waals surface area contributed by atoms with Crippen molar-refractivity contribution < 1.29 is 9.66 Å². The Kier molecular flexibility index (Phi) is 3.85. The summed E-state index contributed by atoms with van der Waals surface area (Å²) in [4.78, 5) is 15.2. The lowest BCUT2D eigenvalue weighted by molar-refractivity contribution is -0.386. The number of nitrogens with zero attached hydrogens (tertiary/aromatic N) is 2. The van der Waals surface area contributed by atoms with Crippen LogP contribution in [-0.4, -0.2) is 16.5 Å². The van der Waals surface area contributed by atoms with Gasteiger partial charge in [-0.3, -0.25) is 10.1 Å². The summed E-state index contributed by atoms with van der Waals surface area (Å²) < 4.78 is 5.49. The van der Waals surface area contributed by atoms with Gasteiger partial charge in [0.1, 0.15) is 6.20 Å². The number of hydrogen-bond donors (Lipinski definition) is 0. The zero-order valence-electron chi connectivity index (χ0n) is 11.6. The van der Waals surface area contributed by atoms with Crippen molar-refractivity contribution in [1.82, 2.24) is 4.98 Å². The van der Waals surface area contributed by atoms with Crippen LogP contribution in [0, 0.1) is 10.1 Å². The number of pyridine rings is 1. The van der Waals surface area contributed by atoms with E-state index in [1.807, 2.05) is 0 Å². The smallest absolute Gasteiger partial charge is 0.291 e. The van der Waals surface area contributed by atoms with Gasteiger partial charge in [0.2, 0.25) is 5.88 Å². The first-order valence-electron chi connectivity index (χ1n) is 7.56. The maximum atomic E-state index is 11.3. The molecule has 0 spiro atoms. The molecule has 0 saturated heterocycles. The maximum absolute atomic E-state index is 11.3. The van der Waals surface area contributed by atoms with E-state index >= 15 is 0 Å². The van der Waals surface area contributed by atoms with Crippen LogP contribution in [0.3, 0.4) is 0 Å². The first-order chi connectivity index (χ1) is 9.77. The normalized spacial score (nSPS) is 19.8. The fourth-order valence-corrected chi connectivity index (χ4v) is 3.50. The molecule has 0 amide bonds. The molecule has 3 rings (SSSR count). The highest BCUT2D eigenvalue weighted by Crippen LogP contribution is 2.41. The minimum Gasteiger partial charge on any atom is -0.477 e. The molecule has 0 bridgehead atoms. The lowest BCUT2D eigenvalue weighted by Gasteiger charge is -2.21. The molecule has 2 aliphatic rings. The zero-order chi connectivity index (χ0) is 13.9. The Hall–Kier alpha value is -1.65. The van der Waals surface area contributed by atoms with Crippen molar-refractivity contribution in [3.63, 3.8) is 0 Å². The molecule has 2 heterocycles. The van der Waals surface area contributed by atoms with Crippen molar-refractivity contribution in [2.75, 3.05) is 6.61 Å². The van der Waals surface area contributed by atoms with Crippen LogP contribution in [0.4, 0.5) is 5.69 Å². The van der Waals surface area contributed by atoms with Gasteiger partial charge in [-0.25, -0.2) is 4.98 Å². The topological polar surface area (TPSA) is 65.3 Å². The predicted octanol–water partition coefficient (Wildman–Crippen LogP) is 3.75. The Labute approximate surface area is 118 Å². The second-order valence-corrected chi connectivity index (χ2v) is 5.74. The van der Waals surface area contributed by atoms with E-state index in [1.54, 1.807) is 0 Å². The number of rotatable bonds is 2. The highest BCUT2D eigenvalue weighted by molar-refractivity contribution is 5.51. The molecule has 1 aliphatic heterocycles. The third-order valence-corrected chi connectivity index (χ3v) is 4.46. The second kappa shape index (κ2) is 5.77. The van der Waals surface area contributed by atoms with E-state index in [4.69, 9.17) is 4.74 Å². The Morgan fingerprint density at radius 1 is 1.20 bits per heavy atom. The van der Waals surface area contributed by atoms with Crippen molar-refractivity contribution in [3.05, 3.63) is 27.4 Å². The van der Waals surface area contributed by atoms with Crippen LogP contribution in [0.1, 0.15) is 62.0 Å². The van der Waals surface area contributed by atoms with Crippen molar-refractivity contribution in [2.24, 2.45) is 0 Å². The molecule has 108 valence electrons. The molecule has 0 unspecified atom stereocenters. The van der Waals surface area contributed by atoms with Gasteiger partial charge in [-0.05, 0) is 18.8 Å². The van der Waals surface area contributed by atoms with Crippen LogP contribution in [0.2, 0.25) is 0 Å². The van der Waals surface area contributed by atoms with Gasteiger partial charge in [0.05, 0.1) is 11.5 Å². The zero-order valence-corrected chi connectivity index (χ0v) is 11.6. The lowest BCUT2D eigenvalue weighted by atomic mass is 9.83. The number of fused-ring (bicyclic) bond motifs is 1. The quantitative estimate of drug-likeness (QED) is 0.609. The van der Waals surface area contributed by atoms with E-state index in [9.17, 15) is 10.1 Å². The summed E-state index contributed by atoms with van der Waals surface area (Å²) in [5.74, 6) is 0.918. The summed E-state index contributed by atoms with van der Waals surface area (Å²) >= 11 is 0. The Morgan fingerprint density at radius 3 is 2.60 bits per heavy atom. The fourth-order valence-electron chi connectivity index (χ4n) is 3.50. The average Bonchev–Trinajstić information content (AvgIpc) is 2.85. The molecule has 0 N–H and O–H groups in total. The summed E-state index contributed by atoms with van der Waals surface area (Å²) in [6.45, 7) is 0.600. The van der Waals surface area contributed by atoms with Gasteiger partial charge in [-0.1, -0.05) is 32.1 Å².